The van der Waals surface area contributed by atoms with Crippen LogP contribution in [0, 0.1) is 13.8 Å². The average Bonchev–Trinajstić information content (AvgIpc) is 2.38. The smallest absolute Gasteiger partial charge is 0.121 e. The highest BCUT2D eigenvalue weighted by molar-refractivity contribution is 6.31. The van der Waals surface area contributed by atoms with Crippen molar-refractivity contribution in [3.05, 3.63) is 63.7 Å². The molecule has 0 aromatic heterocycles. The number of halogens is 1. The molecule has 2 nitrogen and oxygen atoms in total. The van der Waals surface area contributed by atoms with Crippen LogP contribution in [0.1, 0.15) is 28.4 Å². The fourth-order valence-electron chi connectivity index (χ4n) is 2.11. The zero-order valence-electron chi connectivity index (χ0n) is 11.3. The van der Waals surface area contributed by atoms with Crippen molar-refractivity contribution in [1.29, 1.82) is 0 Å². The quantitative estimate of drug-likeness (QED) is 0.916. The number of hydrogen-bond acceptors (Lipinski definition) is 2. The Morgan fingerprint density at radius 2 is 1.84 bits per heavy atom. The highest BCUT2D eigenvalue weighted by Crippen LogP contribution is 2.31. The summed E-state index contributed by atoms with van der Waals surface area (Å²) in [5.74, 6) is 0.811. The first-order valence-corrected chi connectivity index (χ1v) is 6.49. The zero-order valence-corrected chi connectivity index (χ0v) is 12.0. The summed E-state index contributed by atoms with van der Waals surface area (Å²) in [7, 11) is 1.63. The van der Waals surface area contributed by atoms with Gasteiger partial charge in [0.05, 0.1) is 7.11 Å². The van der Waals surface area contributed by atoms with Crippen LogP contribution < -0.4 is 4.74 Å². The second-order valence-electron chi connectivity index (χ2n) is 4.66. The third-order valence-electron chi connectivity index (χ3n) is 3.19. The van der Waals surface area contributed by atoms with Crippen LogP contribution >= 0.6 is 11.6 Å². The van der Waals surface area contributed by atoms with Crippen molar-refractivity contribution in [3.63, 3.8) is 0 Å². The molecule has 0 radical (unpaired) electrons. The lowest BCUT2D eigenvalue weighted by Gasteiger charge is -2.15. The van der Waals surface area contributed by atoms with E-state index in [0.717, 1.165) is 28.0 Å². The van der Waals surface area contributed by atoms with Gasteiger partial charge in [0.15, 0.2) is 0 Å². The highest BCUT2D eigenvalue weighted by atomic mass is 35.5. The second kappa shape index (κ2) is 5.64. The van der Waals surface area contributed by atoms with Crippen molar-refractivity contribution in [2.45, 2.75) is 20.0 Å². The van der Waals surface area contributed by atoms with Crippen LogP contribution in [0.2, 0.25) is 5.02 Å². The summed E-state index contributed by atoms with van der Waals surface area (Å²) >= 11 is 6.19. The maximum Gasteiger partial charge on any atom is 0.121 e. The van der Waals surface area contributed by atoms with E-state index < -0.39 is 6.10 Å². The molecule has 1 unspecified atom stereocenters. The molecule has 100 valence electrons. The molecule has 3 heteroatoms. The van der Waals surface area contributed by atoms with Crippen molar-refractivity contribution < 1.29 is 9.84 Å². The maximum absolute atomic E-state index is 10.4. The predicted molar refractivity (Wildman–Crippen MR) is 78.0 cm³/mol. The van der Waals surface area contributed by atoms with Crippen LogP contribution in [-0.4, -0.2) is 12.2 Å². The maximum atomic E-state index is 10.4. The average molecular weight is 277 g/mol. The Labute approximate surface area is 118 Å². The summed E-state index contributed by atoms with van der Waals surface area (Å²) in [6.07, 6.45) is -0.724. The number of hydrogen-bond donors (Lipinski definition) is 1. The Hall–Kier alpha value is -1.51. The van der Waals surface area contributed by atoms with Gasteiger partial charge in [-0.25, -0.2) is 0 Å². The molecule has 0 saturated carbocycles. The van der Waals surface area contributed by atoms with Gasteiger partial charge in [0.1, 0.15) is 11.9 Å². The molecule has 0 spiro atoms. The van der Waals surface area contributed by atoms with E-state index in [1.807, 2.05) is 50.2 Å². The van der Waals surface area contributed by atoms with Gasteiger partial charge in [-0.3, -0.25) is 0 Å². The second-order valence-corrected chi connectivity index (χ2v) is 5.06. The third-order valence-corrected chi connectivity index (χ3v) is 3.51. The van der Waals surface area contributed by atoms with E-state index in [-0.39, 0.29) is 0 Å². The summed E-state index contributed by atoms with van der Waals surface area (Å²) in [4.78, 5) is 0. The first-order chi connectivity index (χ1) is 9.02. The molecule has 2 aromatic carbocycles. The van der Waals surface area contributed by atoms with Gasteiger partial charge < -0.3 is 9.84 Å². The molecule has 0 aliphatic heterocycles. The number of aliphatic hydroxyl groups excluding tert-OH is 1. The van der Waals surface area contributed by atoms with Crippen LogP contribution in [0.4, 0.5) is 0 Å². The molecular weight excluding hydrogens is 260 g/mol. The lowest BCUT2D eigenvalue weighted by Crippen LogP contribution is -2.01. The Bertz CT molecular complexity index is 593. The fraction of sp³-hybridized carbons (Fsp3) is 0.250. The van der Waals surface area contributed by atoms with Gasteiger partial charge in [-0.1, -0.05) is 29.8 Å². The number of benzene rings is 2. The van der Waals surface area contributed by atoms with Gasteiger partial charge in [-0.2, -0.15) is 0 Å². The first kappa shape index (κ1) is 13.9. The number of ether oxygens (including phenoxy) is 1. The van der Waals surface area contributed by atoms with Crippen molar-refractivity contribution in [1.82, 2.24) is 0 Å². The predicted octanol–water partition coefficient (Wildman–Crippen LogP) is 4.05. The molecule has 0 bridgehead atoms. The van der Waals surface area contributed by atoms with E-state index in [2.05, 4.69) is 0 Å². The first-order valence-electron chi connectivity index (χ1n) is 6.11. The standard InChI is InChI=1S/C16H17ClO2/c1-10-4-6-13(14(17)8-10)16(18)12-5-7-15(19-3)11(2)9-12/h4-9,16,18H,1-3H3. The van der Waals surface area contributed by atoms with Crippen molar-refractivity contribution >= 4 is 11.6 Å². The van der Waals surface area contributed by atoms with Crippen LogP contribution in [0.15, 0.2) is 36.4 Å². The van der Waals surface area contributed by atoms with Crippen molar-refractivity contribution in [3.8, 4) is 5.75 Å². The SMILES string of the molecule is COc1ccc(C(O)c2ccc(C)cc2Cl)cc1C. The van der Waals surface area contributed by atoms with E-state index in [0.29, 0.717) is 5.02 Å². The Morgan fingerprint density at radius 3 is 2.42 bits per heavy atom. The largest absolute Gasteiger partial charge is 0.496 e. The van der Waals surface area contributed by atoms with E-state index in [4.69, 9.17) is 16.3 Å². The normalized spacial score (nSPS) is 12.3. The van der Waals surface area contributed by atoms with E-state index in [1.54, 1.807) is 7.11 Å². The molecule has 1 N–H and O–H groups in total. The van der Waals surface area contributed by atoms with E-state index in [1.165, 1.54) is 0 Å². The summed E-state index contributed by atoms with van der Waals surface area (Å²) in [5.41, 5.74) is 3.59. The van der Waals surface area contributed by atoms with Crippen LogP contribution in [0.25, 0.3) is 0 Å². The van der Waals surface area contributed by atoms with Gasteiger partial charge in [0.2, 0.25) is 0 Å². The van der Waals surface area contributed by atoms with Gasteiger partial charge in [0.25, 0.3) is 0 Å². The Kier molecular flexibility index (Phi) is 4.13. The summed E-state index contributed by atoms with van der Waals surface area (Å²) in [6.45, 7) is 3.92. The lowest BCUT2D eigenvalue weighted by atomic mass is 9.99. The van der Waals surface area contributed by atoms with Gasteiger partial charge in [0, 0.05) is 10.6 Å². The highest BCUT2D eigenvalue weighted by Gasteiger charge is 2.15. The molecule has 0 aliphatic carbocycles. The Balaban J connectivity index is 2.38. The molecule has 2 aromatic rings. The van der Waals surface area contributed by atoms with Crippen LogP contribution in [0.3, 0.4) is 0 Å². The monoisotopic (exact) mass is 276 g/mol. The molecule has 2 rings (SSSR count). The zero-order chi connectivity index (χ0) is 14.0. The minimum absolute atomic E-state index is 0.584. The Morgan fingerprint density at radius 1 is 1.11 bits per heavy atom. The summed E-state index contributed by atoms with van der Waals surface area (Å²) < 4.78 is 5.22. The number of rotatable bonds is 3. The van der Waals surface area contributed by atoms with E-state index in [9.17, 15) is 5.11 Å². The minimum atomic E-state index is -0.724. The van der Waals surface area contributed by atoms with Gasteiger partial charge in [-0.15, -0.1) is 0 Å². The third kappa shape index (κ3) is 2.91. The molecule has 0 amide bonds. The number of methoxy groups -OCH3 is 1. The molecule has 0 aliphatic rings. The number of aliphatic hydroxyl groups is 1. The molecular formula is C16H17ClO2. The summed E-state index contributed by atoms with van der Waals surface area (Å²) in [6, 6.07) is 11.3. The van der Waals surface area contributed by atoms with E-state index >= 15 is 0 Å². The van der Waals surface area contributed by atoms with Crippen LogP contribution in [0.5, 0.6) is 5.75 Å². The topological polar surface area (TPSA) is 29.5 Å². The van der Waals surface area contributed by atoms with Gasteiger partial charge >= 0.3 is 0 Å². The molecule has 0 heterocycles. The fourth-order valence-corrected chi connectivity index (χ4v) is 2.44. The van der Waals surface area contributed by atoms with Crippen LogP contribution in [-0.2, 0) is 0 Å². The van der Waals surface area contributed by atoms with Crippen molar-refractivity contribution in [2.75, 3.05) is 7.11 Å². The number of aryl methyl sites for hydroxylation is 2. The molecule has 19 heavy (non-hydrogen) atoms. The minimum Gasteiger partial charge on any atom is -0.496 e. The lowest BCUT2D eigenvalue weighted by molar-refractivity contribution is 0.220. The molecule has 1 atom stereocenters. The van der Waals surface area contributed by atoms with Crippen molar-refractivity contribution in [2.24, 2.45) is 0 Å². The van der Waals surface area contributed by atoms with Gasteiger partial charge in [-0.05, 0) is 48.7 Å². The molecule has 0 fully saturated rings. The summed E-state index contributed by atoms with van der Waals surface area (Å²) in [5, 5.41) is 11.0. The molecule has 0 saturated heterocycles.